The average molecular weight is 264 g/mol. The van der Waals surface area contributed by atoms with Gasteiger partial charge in [-0.1, -0.05) is 47.3 Å². The first-order valence-electron chi connectivity index (χ1n) is 4.61. The van der Waals surface area contributed by atoms with Crippen LogP contribution in [0.25, 0.3) is 5.57 Å². The van der Waals surface area contributed by atoms with E-state index in [1.165, 1.54) is 0 Å². The van der Waals surface area contributed by atoms with Crippen LogP contribution in [0.4, 0.5) is 5.69 Å². The Morgan fingerprint density at radius 3 is 2.60 bits per heavy atom. The number of rotatable bonds is 3. The van der Waals surface area contributed by atoms with Crippen molar-refractivity contribution in [3.05, 3.63) is 59.1 Å². The van der Waals surface area contributed by atoms with E-state index in [-0.39, 0.29) is 0 Å². The van der Waals surface area contributed by atoms with Crippen LogP contribution in [0.3, 0.4) is 0 Å². The molecule has 0 radical (unpaired) electrons. The minimum atomic E-state index is 0.784. The molecule has 1 nitrogen and oxygen atoms in total. The lowest BCUT2D eigenvalue weighted by molar-refractivity contribution is 1.43. The van der Waals surface area contributed by atoms with Gasteiger partial charge in [0.1, 0.15) is 0 Å². The van der Waals surface area contributed by atoms with Gasteiger partial charge < -0.3 is 5.73 Å². The van der Waals surface area contributed by atoms with Gasteiger partial charge in [0.05, 0.1) is 0 Å². The Balaban J connectivity index is 3.41. The lowest BCUT2D eigenvalue weighted by Gasteiger charge is -2.10. The third-order valence-corrected chi connectivity index (χ3v) is 2.64. The molecule has 2 N–H and O–H groups in total. The normalized spacial score (nSPS) is 11.2. The second-order valence-corrected chi connectivity index (χ2v) is 4.16. The SMILES string of the molecule is C=C/C=C(\C=C)c1cc(Br)cc(C)c1N. The zero-order valence-electron chi connectivity index (χ0n) is 8.76. The number of anilines is 1. The summed E-state index contributed by atoms with van der Waals surface area (Å²) >= 11 is 3.45. The van der Waals surface area contributed by atoms with Crippen molar-refractivity contribution >= 4 is 27.2 Å². The average Bonchev–Trinajstić information content (AvgIpc) is 2.20. The molecule has 0 fully saturated rings. The van der Waals surface area contributed by atoms with Gasteiger partial charge in [-0.15, -0.1) is 0 Å². The van der Waals surface area contributed by atoms with Crippen LogP contribution < -0.4 is 5.73 Å². The highest BCUT2D eigenvalue weighted by molar-refractivity contribution is 9.10. The summed E-state index contributed by atoms with van der Waals surface area (Å²) in [5.74, 6) is 0. The number of hydrogen-bond acceptors (Lipinski definition) is 1. The van der Waals surface area contributed by atoms with Crippen LogP contribution in [0, 0.1) is 6.92 Å². The smallest absolute Gasteiger partial charge is 0.0424 e. The summed E-state index contributed by atoms with van der Waals surface area (Å²) in [4.78, 5) is 0. The van der Waals surface area contributed by atoms with Crippen LogP contribution >= 0.6 is 15.9 Å². The van der Waals surface area contributed by atoms with Gasteiger partial charge in [-0.3, -0.25) is 0 Å². The standard InChI is InChI=1S/C13H14BrN/c1-4-6-10(5-2)12-8-11(14)7-9(3)13(12)15/h4-8H,1-2,15H2,3H3/b10-6+. The Kier molecular flexibility index (Phi) is 3.92. The van der Waals surface area contributed by atoms with Gasteiger partial charge in [-0.05, 0) is 30.2 Å². The van der Waals surface area contributed by atoms with E-state index in [0.717, 1.165) is 26.9 Å². The van der Waals surface area contributed by atoms with E-state index in [0.29, 0.717) is 0 Å². The molecule has 0 spiro atoms. The first-order valence-corrected chi connectivity index (χ1v) is 5.40. The van der Waals surface area contributed by atoms with Gasteiger partial charge in [-0.25, -0.2) is 0 Å². The second-order valence-electron chi connectivity index (χ2n) is 3.25. The van der Waals surface area contributed by atoms with Gasteiger partial charge in [0, 0.05) is 15.7 Å². The van der Waals surface area contributed by atoms with E-state index in [1.54, 1.807) is 12.2 Å². The minimum Gasteiger partial charge on any atom is -0.398 e. The highest BCUT2D eigenvalue weighted by Gasteiger charge is 2.06. The molecule has 0 amide bonds. The highest BCUT2D eigenvalue weighted by Crippen LogP contribution is 2.29. The Labute approximate surface area is 99.1 Å². The molecule has 78 valence electrons. The largest absolute Gasteiger partial charge is 0.398 e. The van der Waals surface area contributed by atoms with Crippen LogP contribution in [0.15, 0.2) is 48.0 Å². The summed E-state index contributed by atoms with van der Waals surface area (Å²) in [5, 5.41) is 0. The van der Waals surface area contributed by atoms with Crippen molar-refractivity contribution in [1.29, 1.82) is 0 Å². The van der Waals surface area contributed by atoms with E-state index >= 15 is 0 Å². The Morgan fingerprint density at radius 1 is 1.40 bits per heavy atom. The van der Waals surface area contributed by atoms with Crippen LogP contribution in [0.5, 0.6) is 0 Å². The monoisotopic (exact) mass is 263 g/mol. The van der Waals surface area contributed by atoms with Crippen LogP contribution in [-0.2, 0) is 0 Å². The highest BCUT2D eigenvalue weighted by atomic mass is 79.9. The molecule has 0 aromatic heterocycles. The summed E-state index contributed by atoms with van der Waals surface area (Å²) in [6.45, 7) is 9.43. The maximum absolute atomic E-state index is 6.01. The Morgan fingerprint density at radius 2 is 2.07 bits per heavy atom. The predicted octanol–water partition coefficient (Wildman–Crippen LogP) is 4.10. The first kappa shape index (κ1) is 11.8. The molecule has 0 aliphatic heterocycles. The first-order chi connectivity index (χ1) is 7.10. The van der Waals surface area contributed by atoms with Crippen molar-refractivity contribution in [2.45, 2.75) is 6.92 Å². The molecule has 0 bridgehead atoms. The molecule has 2 heteroatoms. The molecular weight excluding hydrogens is 250 g/mol. The zero-order valence-corrected chi connectivity index (χ0v) is 10.3. The third-order valence-electron chi connectivity index (χ3n) is 2.18. The maximum Gasteiger partial charge on any atom is 0.0424 e. The summed E-state index contributed by atoms with van der Waals surface area (Å²) in [6, 6.07) is 3.98. The van der Waals surface area contributed by atoms with E-state index < -0.39 is 0 Å². The van der Waals surface area contributed by atoms with E-state index in [1.807, 2.05) is 25.1 Å². The molecule has 0 heterocycles. The van der Waals surface area contributed by atoms with Crippen molar-refractivity contribution < 1.29 is 0 Å². The van der Waals surface area contributed by atoms with Gasteiger partial charge in [0.2, 0.25) is 0 Å². The topological polar surface area (TPSA) is 26.0 Å². The molecule has 15 heavy (non-hydrogen) atoms. The van der Waals surface area contributed by atoms with Gasteiger partial charge in [0.15, 0.2) is 0 Å². The van der Waals surface area contributed by atoms with Crippen molar-refractivity contribution in [2.24, 2.45) is 0 Å². The van der Waals surface area contributed by atoms with Crippen molar-refractivity contribution in [2.75, 3.05) is 5.73 Å². The summed E-state index contributed by atoms with van der Waals surface area (Å²) < 4.78 is 1.01. The maximum atomic E-state index is 6.01. The molecule has 0 saturated heterocycles. The fourth-order valence-electron chi connectivity index (χ4n) is 1.39. The molecule has 0 aliphatic rings. The van der Waals surface area contributed by atoms with Crippen LogP contribution in [0.1, 0.15) is 11.1 Å². The number of nitrogen functional groups attached to an aromatic ring is 1. The number of benzene rings is 1. The third kappa shape index (κ3) is 2.60. The van der Waals surface area contributed by atoms with Crippen molar-refractivity contribution in [1.82, 2.24) is 0 Å². The Bertz CT molecular complexity index is 430. The number of halogens is 1. The fourth-order valence-corrected chi connectivity index (χ4v) is 1.96. The zero-order chi connectivity index (χ0) is 11.4. The van der Waals surface area contributed by atoms with E-state index in [9.17, 15) is 0 Å². The van der Waals surface area contributed by atoms with Crippen LogP contribution in [-0.4, -0.2) is 0 Å². The molecule has 1 aromatic carbocycles. The number of hydrogen-bond donors (Lipinski definition) is 1. The van der Waals surface area contributed by atoms with Gasteiger partial charge >= 0.3 is 0 Å². The summed E-state index contributed by atoms with van der Waals surface area (Å²) in [7, 11) is 0. The summed E-state index contributed by atoms with van der Waals surface area (Å²) in [5.41, 5.74) is 9.81. The number of nitrogens with two attached hydrogens (primary N) is 1. The number of allylic oxidation sites excluding steroid dienone is 4. The second kappa shape index (κ2) is 4.99. The Hall–Kier alpha value is -1.28. The lowest BCUT2D eigenvalue weighted by atomic mass is 10.0. The van der Waals surface area contributed by atoms with Gasteiger partial charge in [0.25, 0.3) is 0 Å². The van der Waals surface area contributed by atoms with Gasteiger partial charge in [-0.2, -0.15) is 0 Å². The fraction of sp³-hybridized carbons (Fsp3) is 0.0769. The predicted molar refractivity (Wildman–Crippen MR) is 71.7 cm³/mol. The minimum absolute atomic E-state index is 0.784. The van der Waals surface area contributed by atoms with Crippen molar-refractivity contribution in [3.63, 3.8) is 0 Å². The van der Waals surface area contributed by atoms with Crippen molar-refractivity contribution in [3.8, 4) is 0 Å². The molecule has 0 saturated carbocycles. The molecule has 1 aromatic rings. The molecular formula is C13H14BrN. The number of aryl methyl sites for hydroxylation is 1. The molecule has 0 unspecified atom stereocenters. The summed E-state index contributed by atoms with van der Waals surface area (Å²) in [6.07, 6.45) is 5.40. The van der Waals surface area contributed by atoms with E-state index in [4.69, 9.17) is 5.73 Å². The lowest BCUT2D eigenvalue weighted by Crippen LogP contribution is -1.96. The molecule has 0 aliphatic carbocycles. The van der Waals surface area contributed by atoms with E-state index in [2.05, 4.69) is 29.1 Å². The van der Waals surface area contributed by atoms with Crippen LogP contribution in [0.2, 0.25) is 0 Å². The molecule has 1 rings (SSSR count). The quantitative estimate of drug-likeness (QED) is 0.645. The molecule has 0 atom stereocenters.